The molecule has 0 aliphatic carbocycles. The van der Waals surface area contributed by atoms with Gasteiger partial charge in [0.15, 0.2) is 0 Å². The number of nitrogens with zero attached hydrogens (tertiary/aromatic N) is 2. The molecule has 0 atom stereocenters. The van der Waals surface area contributed by atoms with Crippen LogP contribution in [0.5, 0.6) is 0 Å². The highest BCUT2D eigenvalue weighted by atomic mass is 35.5. The van der Waals surface area contributed by atoms with Gasteiger partial charge in [0.2, 0.25) is 10.0 Å². The van der Waals surface area contributed by atoms with Crippen LogP contribution >= 0.6 is 23.4 Å². The third-order valence-electron chi connectivity index (χ3n) is 5.82. The van der Waals surface area contributed by atoms with Gasteiger partial charge in [0.25, 0.3) is 5.91 Å². The molecule has 2 aliphatic rings. The van der Waals surface area contributed by atoms with Gasteiger partial charge in [-0.2, -0.15) is 17.5 Å². The molecule has 0 N–H and O–H groups in total. The molecular formula is C21H20ClF3N2O3S2. The number of rotatable bonds is 3. The van der Waals surface area contributed by atoms with Crippen molar-refractivity contribution in [1.29, 1.82) is 0 Å². The minimum atomic E-state index is -4.62. The molecule has 2 aromatic carbocycles. The second kappa shape index (κ2) is 8.55. The molecule has 2 aromatic rings. The molecule has 0 radical (unpaired) electrons. The predicted octanol–water partition coefficient (Wildman–Crippen LogP) is 4.73. The van der Waals surface area contributed by atoms with E-state index in [1.54, 1.807) is 40.9 Å². The molecule has 5 nitrogen and oxygen atoms in total. The zero-order valence-corrected chi connectivity index (χ0v) is 19.2. The van der Waals surface area contributed by atoms with Crippen molar-refractivity contribution in [3.8, 4) is 0 Å². The third-order valence-corrected chi connectivity index (χ3v) is 9.52. The first-order valence-electron chi connectivity index (χ1n) is 9.92. The first-order chi connectivity index (χ1) is 15.0. The maximum atomic E-state index is 13.1. The van der Waals surface area contributed by atoms with Crippen molar-refractivity contribution in [3.05, 3.63) is 64.7 Å². The second-order valence-electron chi connectivity index (χ2n) is 7.69. The van der Waals surface area contributed by atoms with E-state index < -0.39 is 26.6 Å². The standard InChI is InChI=1S/C21H20ClF3N2O3S2/c22-17-6-4-15(5-7-17)19(28)27-12-13-31-20(27)8-10-26(11-9-20)32(29,30)18-3-1-2-16(14-18)21(23,24)25/h1-7,14H,8-13H2. The van der Waals surface area contributed by atoms with Crippen molar-refractivity contribution in [1.82, 2.24) is 9.21 Å². The Kier molecular flexibility index (Phi) is 6.26. The molecule has 0 unspecified atom stereocenters. The first-order valence-corrected chi connectivity index (χ1v) is 12.7. The molecule has 172 valence electrons. The van der Waals surface area contributed by atoms with E-state index in [1.807, 2.05) is 0 Å². The summed E-state index contributed by atoms with van der Waals surface area (Å²) >= 11 is 7.53. The Morgan fingerprint density at radius 3 is 2.31 bits per heavy atom. The number of carbonyl (C=O) groups excluding carboxylic acids is 1. The lowest BCUT2D eigenvalue weighted by Gasteiger charge is -2.43. The van der Waals surface area contributed by atoms with E-state index in [9.17, 15) is 26.4 Å². The average molecular weight is 505 g/mol. The Hall–Kier alpha value is -1.75. The zero-order chi connectivity index (χ0) is 23.1. The van der Waals surface area contributed by atoms with Crippen molar-refractivity contribution in [3.63, 3.8) is 0 Å². The maximum Gasteiger partial charge on any atom is 0.416 e. The number of piperidine rings is 1. The van der Waals surface area contributed by atoms with Crippen molar-refractivity contribution in [2.45, 2.75) is 28.8 Å². The van der Waals surface area contributed by atoms with Gasteiger partial charge < -0.3 is 4.90 Å². The molecule has 2 heterocycles. The van der Waals surface area contributed by atoms with Crippen LogP contribution in [0, 0.1) is 0 Å². The number of hydrogen-bond acceptors (Lipinski definition) is 4. The fourth-order valence-electron chi connectivity index (χ4n) is 4.12. The number of sulfonamides is 1. The minimum Gasteiger partial charge on any atom is -0.323 e. The van der Waals surface area contributed by atoms with Crippen LogP contribution in [0.2, 0.25) is 5.02 Å². The number of carbonyl (C=O) groups is 1. The monoisotopic (exact) mass is 504 g/mol. The molecule has 4 rings (SSSR count). The summed E-state index contributed by atoms with van der Waals surface area (Å²) in [6, 6.07) is 10.4. The van der Waals surface area contributed by atoms with Gasteiger partial charge in [0.05, 0.1) is 15.3 Å². The summed E-state index contributed by atoms with van der Waals surface area (Å²) in [5, 5.41) is 0.528. The molecule has 0 saturated carbocycles. The van der Waals surface area contributed by atoms with Gasteiger partial charge in [0.1, 0.15) is 0 Å². The number of amides is 1. The summed E-state index contributed by atoms with van der Waals surface area (Å²) in [4.78, 5) is 14.0. The van der Waals surface area contributed by atoms with E-state index in [0.29, 0.717) is 36.0 Å². The Morgan fingerprint density at radius 2 is 1.69 bits per heavy atom. The highest BCUT2D eigenvalue weighted by Crippen LogP contribution is 2.45. The van der Waals surface area contributed by atoms with Crippen LogP contribution in [0.4, 0.5) is 13.2 Å². The number of thioether (sulfide) groups is 1. The Bertz CT molecular complexity index is 1120. The third kappa shape index (κ3) is 4.37. The average Bonchev–Trinajstić information content (AvgIpc) is 3.16. The van der Waals surface area contributed by atoms with Crippen molar-refractivity contribution in [2.24, 2.45) is 0 Å². The van der Waals surface area contributed by atoms with E-state index in [1.165, 1.54) is 10.4 Å². The Labute approximate surface area is 193 Å². The fraction of sp³-hybridized carbons (Fsp3) is 0.381. The van der Waals surface area contributed by atoms with E-state index >= 15 is 0 Å². The largest absolute Gasteiger partial charge is 0.416 e. The Morgan fingerprint density at radius 1 is 1.03 bits per heavy atom. The molecule has 11 heteroatoms. The Balaban J connectivity index is 1.51. The molecule has 2 fully saturated rings. The molecule has 32 heavy (non-hydrogen) atoms. The van der Waals surface area contributed by atoms with Gasteiger partial charge in [-0.25, -0.2) is 8.42 Å². The van der Waals surface area contributed by atoms with Gasteiger partial charge in [-0.05, 0) is 55.3 Å². The lowest BCUT2D eigenvalue weighted by atomic mass is 10.0. The van der Waals surface area contributed by atoms with Crippen LogP contribution < -0.4 is 0 Å². The summed E-state index contributed by atoms with van der Waals surface area (Å²) < 4.78 is 66.3. The van der Waals surface area contributed by atoms with Gasteiger partial charge in [-0.1, -0.05) is 17.7 Å². The topological polar surface area (TPSA) is 57.7 Å². The quantitative estimate of drug-likeness (QED) is 0.606. The van der Waals surface area contributed by atoms with Crippen LogP contribution in [-0.2, 0) is 16.2 Å². The molecule has 2 saturated heterocycles. The number of benzene rings is 2. The molecule has 0 bridgehead atoms. The predicted molar refractivity (Wildman–Crippen MR) is 117 cm³/mol. The van der Waals surface area contributed by atoms with Gasteiger partial charge in [-0.3, -0.25) is 4.79 Å². The lowest BCUT2D eigenvalue weighted by molar-refractivity contribution is -0.137. The molecule has 2 aliphatic heterocycles. The summed E-state index contributed by atoms with van der Waals surface area (Å²) in [5.74, 6) is 0.598. The van der Waals surface area contributed by atoms with Crippen molar-refractivity contribution < 1.29 is 26.4 Å². The summed E-state index contributed by atoms with van der Waals surface area (Å²) in [7, 11) is -4.08. The van der Waals surface area contributed by atoms with Crippen LogP contribution in [0.1, 0.15) is 28.8 Å². The van der Waals surface area contributed by atoms with Crippen LogP contribution in [0.15, 0.2) is 53.4 Å². The van der Waals surface area contributed by atoms with E-state index in [4.69, 9.17) is 11.6 Å². The van der Waals surface area contributed by atoms with Crippen LogP contribution in [0.3, 0.4) is 0 Å². The fourth-order valence-corrected chi connectivity index (χ4v) is 7.18. The maximum absolute atomic E-state index is 13.1. The van der Waals surface area contributed by atoms with Gasteiger partial charge >= 0.3 is 6.18 Å². The normalized spacial score (nSPS) is 19.4. The highest BCUT2D eigenvalue weighted by Gasteiger charge is 2.48. The van der Waals surface area contributed by atoms with E-state index in [-0.39, 0.29) is 23.9 Å². The molecular weight excluding hydrogens is 485 g/mol. The molecule has 1 amide bonds. The van der Waals surface area contributed by atoms with Crippen LogP contribution in [-0.4, -0.2) is 53.8 Å². The molecule has 1 spiro atoms. The summed E-state index contributed by atoms with van der Waals surface area (Å²) in [6.45, 7) is 0.790. The summed E-state index contributed by atoms with van der Waals surface area (Å²) in [5.41, 5.74) is -0.492. The zero-order valence-electron chi connectivity index (χ0n) is 16.8. The SMILES string of the molecule is O=C(c1ccc(Cl)cc1)N1CCSC12CCN(S(=O)(=O)c1cccc(C(F)(F)F)c1)CC2. The summed E-state index contributed by atoms with van der Waals surface area (Å²) in [6.07, 6.45) is -3.83. The lowest BCUT2D eigenvalue weighted by Crippen LogP contribution is -2.53. The highest BCUT2D eigenvalue weighted by molar-refractivity contribution is 8.00. The van der Waals surface area contributed by atoms with Crippen molar-refractivity contribution >= 4 is 39.3 Å². The number of hydrogen-bond donors (Lipinski definition) is 0. The van der Waals surface area contributed by atoms with Crippen molar-refractivity contribution in [2.75, 3.05) is 25.4 Å². The first kappa shape index (κ1) is 23.4. The smallest absolute Gasteiger partial charge is 0.323 e. The number of alkyl halides is 3. The van der Waals surface area contributed by atoms with E-state index in [2.05, 4.69) is 0 Å². The minimum absolute atomic E-state index is 0.121. The van der Waals surface area contributed by atoms with Gasteiger partial charge in [-0.15, -0.1) is 11.8 Å². The van der Waals surface area contributed by atoms with Crippen LogP contribution in [0.25, 0.3) is 0 Å². The number of halogens is 4. The van der Waals surface area contributed by atoms with E-state index in [0.717, 1.165) is 17.9 Å². The second-order valence-corrected chi connectivity index (χ2v) is 11.5. The molecule has 0 aromatic heterocycles. The van der Waals surface area contributed by atoms with Gasteiger partial charge in [0, 0.05) is 36.0 Å².